The predicted octanol–water partition coefficient (Wildman–Crippen LogP) is 2.23. The Labute approximate surface area is 181 Å². The van der Waals surface area contributed by atoms with E-state index in [0.717, 1.165) is 43.9 Å². The second-order valence-corrected chi connectivity index (χ2v) is 7.33. The normalized spacial score (nSPS) is 16.5. The third kappa shape index (κ3) is 6.72. The zero-order chi connectivity index (χ0) is 21.2. The van der Waals surface area contributed by atoms with Crippen molar-refractivity contribution >= 4 is 34.4 Å². The fourth-order valence-corrected chi connectivity index (χ4v) is 3.35. The van der Waals surface area contributed by atoms with Gasteiger partial charge in [0.25, 0.3) is 0 Å². The molecular formula is C21H28ClN5O3. The molecule has 30 heavy (non-hydrogen) atoms. The van der Waals surface area contributed by atoms with Gasteiger partial charge in [0, 0.05) is 63.0 Å². The Morgan fingerprint density at radius 2 is 2.17 bits per heavy atom. The number of hydrogen-bond donors (Lipinski definition) is 2. The van der Waals surface area contributed by atoms with E-state index in [1.807, 2.05) is 18.3 Å². The molecule has 0 spiro atoms. The van der Waals surface area contributed by atoms with Crippen LogP contribution in [0.3, 0.4) is 0 Å². The zero-order valence-electron chi connectivity index (χ0n) is 17.1. The summed E-state index contributed by atoms with van der Waals surface area (Å²) >= 11 is 5.99. The number of pyridine rings is 2. The minimum absolute atomic E-state index is 0.00307. The topological polar surface area (TPSA) is 92.6 Å². The van der Waals surface area contributed by atoms with Crippen LogP contribution < -0.4 is 5.32 Å². The van der Waals surface area contributed by atoms with Crippen LogP contribution in [0.25, 0.3) is 16.6 Å². The van der Waals surface area contributed by atoms with Crippen molar-refractivity contribution in [2.75, 3.05) is 59.7 Å². The first-order valence-corrected chi connectivity index (χ1v) is 10.3. The van der Waals surface area contributed by atoms with Crippen LogP contribution in [-0.4, -0.2) is 86.9 Å². The van der Waals surface area contributed by atoms with Crippen molar-refractivity contribution in [1.29, 1.82) is 5.41 Å². The molecular weight excluding hydrogens is 406 g/mol. The van der Waals surface area contributed by atoms with Gasteiger partial charge in [0.05, 0.1) is 43.6 Å². The maximum absolute atomic E-state index is 7.80. The number of nitrogens with zero attached hydrogens (tertiary/aromatic N) is 3. The van der Waals surface area contributed by atoms with Crippen molar-refractivity contribution in [2.24, 2.45) is 0 Å². The highest BCUT2D eigenvalue weighted by atomic mass is 35.5. The van der Waals surface area contributed by atoms with Gasteiger partial charge in [-0.3, -0.25) is 9.88 Å². The van der Waals surface area contributed by atoms with Crippen LogP contribution in [-0.2, 0) is 14.2 Å². The third-order valence-electron chi connectivity index (χ3n) is 4.80. The molecule has 0 aliphatic carbocycles. The van der Waals surface area contributed by atoms with Crippen molar-refractivity contribution in [1.82, 2.24) is 20.2 Å². The largest absolute Gasteiger partial charge is 0.388 e. The maximum Gasteiger partial charge on any atom is 0.129 e. The standard InChI is InChI=1S/C21H28ClN5O3/c1-28-8-9-30-18(15-27-4-6-29-7-5-27)14-24-12-17(11-23)16-10-20-19(25-13-16)2-3-21(22)26-20/h2-3,10-13,18,23-24H,4-9,14-15H2,1H3/b17-12+,23-11?. The van der Waals surface area contributed by atoms with Crippen molar-refractivity contribution in [3.63, 3.8) is 0 Å². The molecule has 1 atom stereocenters. The van der Waals surface area contributed by atoms with Gasteiger partial charge >= 0.3 is 0 Å². The van der Waals surface area contributed by atoms with E-state index in [4.69, 9.17) is 31.2 Å². The summed E-state index contributed by atoms with van der Waals surface area (Å²) in [5.74, 6) is 0. The molecule has 2 N–H and O–H groups in total. The molecule has 1 aliphatic heterocycles. The highest BCUT2D eigenvalue weighted by molar-refractivity contribution is 6.29. The number of rotatable bonds is 11. The Bertz CT molecular complexity index is 858. The van der Waals surface area contributed by atoms with E-state index in [1.54, 1.807) is 19.4 Å². The molecule has 0 saturated carbocycles. The molecule has 0 aromatic carbocycles. The number of fused-ring (bicyclic) bond motifs is 1. The van der Waals surface area contributed by atoms with Gasteiger partial charge < -0.3 is 24.9 Å². The van der Waals surface area contributed by atoms with Crippen molar-refractivity contribution < 1.29 is 14.2 Å². The summed E-state index contributed by atoms with van der Waals surface area (Å²) in [6, 6.07) is 5.42. The molecule has 2 aromatic heterocycles. The Hall–Kier alpha value is -2.10. The summed E-state index contributed by atoms with van der Waals surface area (Å²) in [6.07, 6.45) is 4.84. The van der Waals surface area contributed by atoms with Crippen LogP contribution in [0.2, 0.25) is 5.15 Å². The van der Waals surface area contributed by atoms with Gasteiger partial charge in [0.2, 0.25) is 0 Å². The molecule has 1 saturated heterocycles. The monoisotopic (exact) mass is 433 g/mol. The zero-order valence-corrected chi connectivity index (χ0v) is 17.9. The van der Waals surface area contributed by atoms with Crippen molar-refractivity contribution in [3.8, 4) is 0 Å². The van der Waals surface area contributed by atoms with E-state index >= 15 is 0 Å². The first-order valence-electron chi connectivity index (χ1n) is 9.97. The molecule has 2 aromatic rings. The number of ether oxygens (including phenoxy) is 3. The third-order valence-corrected chi connectivity index (χ3v) is 5.01. The molecule has 1 fully saturated rings. The number of morpholine rings is 1. The summed E-state index contributed by atoms with van der Waals surface area (Å²) < 4.78 is 16.5. The lowest BCUT2D eigenvalue weighted by atomic mass is 10.1. The Balaban J connectivity index is 1.64. The smallest absolute Gasteiger partial charge is 0.129 e. The lowest BCUT2D eigenvalue weighted by Crippen LogP contribution is -2.44. The van der Waals surface area contributed by atoms with Crippen molar-refractivity contribution in [2.45, 2.75) is 6.10 Å². The first-order chi connectivity index (χ1) is 14.7. The Morgan fingerprint density at radius 3 is 2.93 bits per heavy atom. The summed E-state index contributed by atoms with van der Waals surface area (Å²) in [5, 5.41) is 11.5. The highest BCUT2D eigenvalue weighted by Crippen LogP contribution is 2.18. The number of hydrogen-bond acceptors (Lipinski definition) is 8. The second-order valence-electron chi connectivity index (χ2n) is 6.95. The lowest BCUT2D eigenvalue weighted by molar-refractivity contribution is -0.0229. The van der Waals surface area contributed by atoms with Gasteiger partial charge in [-0.2, -0.15) is 0 Å². The van der Waals surface area contributed by atoms with Gasteiger partial charge in [-0.15, -0.1) is 0 Å². The number of allylic oxidation sites excluding steroid dienone is 1. The van der Waals surface area contributed by atoms with Crippen LogP contribution in [0.15, 0.2) is 30.6 Å². The summed E-state index contributed by atoms with van der Waals surface area (Å²) in [4.78, 5) is 11.1. The number of halogens is 1. The Morgan fingerprint density at radius 1 is 1.33 bits per heavy atom. The molecule has 9 heteroatoms. The Kier molecular flexibility index (Phi) is 8.98. The predicted molar refractivity (Wildman–Crippen MR) is 118 cm³/mol. The molecule has 0 amide bonds. The average Bonchev–Trinajstić information content (AvgIpc) is 2.77. The van der Waals surface area contributed by atoms with E-state index in [9.17, 15) is 0 Å². The fraction of sp³-hybridized carbons (Fsp3) is 0.476. The SMILES string of the molecule is COCCOC(CN/C=C(\C=N)c1cnc2ccc(Cl)nc2c1)CN1CCOCC1. The average molecular weight is 434 g/mol. The second kappa shape index (κ2) is 11.9. The molecule has 3 heterocycles. The van der Waals surface area contributed by atoms with E-state index < -0.39 is 0 Å². The number of methoxy groups -OCH3 is 1. The molecule has 1 unspecified atom stereocenters. The first kappa shape index (κ1) is 22.6. The van der Waals surface area contributed by atoms with Gasteiger partial charge in [-0.1, -0.05) is 11.6 Å². The highest BCUT2D eigenvalue weighted by Gasteiger charge is 2.17. The number of nitrogens with one attached hydrogen (secondary N) is 2. The minimum Gasteiger partial charge on any atom is -0.388 e. The van der Waals surface area contributed by atoms with Crippen LogP contribution >= 0.6 is 11.6 Å². The van der Waals surface area contributed by atoms with Gasteiger partial charge in [0.15, 0.2) is 0 Å². The van der Waals surface area contributed by atoms with Gasteiger partial charge in [0.1, 0.15) is 5.15 Å². The minimum atomic E-state index is -0.00307. The van der Waals surface area contributed by atoms with Gasteiger partial charge in [-0.25, -0.2) is 4.98 Å². The van der Waals surface area contributed by atoms with Crippen LogP contribution in [0.1, 0.15) is 5.56 Å². The van der Waals surface area contributed by atoms with E-state index in [-0.39, 0.29) is 6.10 Å². The van der Waals surface area contributed by atoms with E-state index in [1.165, 1.54) is 6.21 Å². The lowest BCUT2D eigenvalue weighted by Gasteiger charge is -2.30. The van der Waals surface area contributed by atoms with Gasteiger partial charge in [-0.05, 0) is 18.2 Å². The molecule has 3 rings (SSSR count). The fourth-order valence-electron chi connectivity index (χ4n) is 3.19. The summed E-state index contributed by atoms with van der Waals surface area (Å²) in [7, 11) is 1.66. The van der Waals surface area contributed by atoms with Crippen LogP contribution in [0.4, 0.5) is 0 Å². The molecule has 8 nitrogen and oxygen atoms in total. The molecule has 0 bridgehead atoms. The van der Waals surface area contributed by atoms with Crippen LogP contribution in [0.5, 0.6) is 0 Å². The maximum atomic E-state index is 7.80. The molecule has 0 radical (unpaired) electrons. The molecule has 1 aliphatic rings. The van der Waals surface area contributed by atoms with E-state index in [2.05, 4.69) is 20.2 Å². The van der Waals surface area contributed by atoms with Crippen molar-refractivity contribution in [3.05, 3.63) is 41.3 Å². The van der Waals surface area contributed by atoms with E-state index in [0.29, 0.717) is 36.0 Å². The van der Waals surface area contributed by atoms with Crippen LogP contribution in [0, 0.1) is 5.41 Å². The summed E-state index contributed by atoms with van der Waals surface area (Å²) in [5.41, 5.74) is 2.95. The summed E-state index contributed by atoms with van der Waals surface area (Å²) in [6.45, 7) is 5.84. The molecule has 162 valence electrons. The quantitative estimate of drug-likeness (QED) is 0.319. The number of aromatic nitrogens is 2.